The van der Waals surface area contributed by atoms with Gasteiger partial charge in [-0.25, -0.2) is 4.98 Å². The monoisotopic (exact) mass is 267 g/mol. The number of fused-ring (bicyclic) bond motifs is 1. The largest absolute Gasteiger partial charge is 0.348 e. The van der Waals surface area contributed by atoms with Gasteiger partial charge in [0, 0.05) is 30.9 Å². The van der Waals surface area contributed by atoms with Crippen LogP contribution in [0.25, 0.3) is 0 Å². The van der Waals surface area contributed by atoms with E-state index in [1.807, 2.05) is 12.4 Å². The highest BCUT2D eigenvalue weighted by Crippen LogP contribution is 2.31. The van der Waals surface area contributed by atoms with E-state index in [-0.39, 0.29) is 0 Å². The normalized spacial score (nSPS) is 23.9. The molecule has 0 bridgehead atoms. The fourth-order valence-electron chi connectivity index (χ4n) is 3.86. The zero-order valence-corrected chi connectivity index (χ0v) is 11.8. The Kier molecular flexibility index (Phi) is 3.07. The van der Waals surface area contributed by atoms with E-state index in [9.17, 15) is 0 Å². The highest BCUT2D eigenvalue weighted by atomic mass is 15.2. The molecular weight excluding hydrogens is 246 g/mol. The van der Waals surface area contributed by atoms with Crippen molar-refractivity contribution in [1.82, 2.24) is 14.9 Å². The lowest BCUT2D eigenvalue weighted by atomic mass is 9.95. The number of aromatic nitrogens is 2. The summed E-state index contributed by atoms with van der Waals surface area (Å²) in [6.45, 7) is 2.40. The summed E-state index contributed by atoms with van der Waals surface area (Å²) < 4.78 is 0. The van der Waals surface area contributed by atoms with Crippen LogP contribution >= 0.6 is 0 Å². The first-order chi connectivity index (χ1) is 9.90. The smallest absolute Gasteiger partial charge is 0.110 e. The third kappa shape index (κ3) is 2.16. The second kappa shape index (κ2) is 5.06. The summed E-state index contributed by atoms with van der Waals surface area (Å²) in [7, 11) is 0. The SMILES string of the molecule is c1ccc2c(c1)CC(N1CCCC(c3ncc[nH]3)C1)C2. The molecule has 0 radical (unpaired) electrons. The second-order valence-electron chi connectivity index (χ2n) is 6.14. The fraction of sp³-hybridized carbons (Fsp3) is 0.471. The van der Waals surface area contributed by atoms with Crippen LogP contribution in [0.3, 0.4) is 0 Å². The van der Waals surface area contributed by atoms with Crippen molar-refractivity contribution in [2.45, 2.75) is 37.6 Å². The lowest BCUT2D eigenvalue weighted by Gasteiger charge is -2.36. The van der Waals surface area contributed by atoms with Crippen LogP contribution in [0, 0.1) is 0 Å². The molecule has 0 amide bonds. The van der Waals surface area contributed by atoms with Crippen molar-refractivity contribution in [3.63, 3.8) is 0 Å². The van der Waals surface area contributed by atoms with E-state index < -0.39 is 0 Å². The Bertz CT molecular complexity index is 551. The lowest BCUT2D eigenvalue weighted by molar-refractivity contribution is 0.150. The van der Waals surface area contributed by atoms with Crippen LogP contribution in [0.1, 0.15) is 35.7 Å². The van der Waals surface area contributed by atoms with Crippen molar-refractivity contribution in [2.75, 3.05) is 13.1 Å². The van der Waals surface area contributed by atoms with Gasteiger partial charge in [-0.1, -0.05) is 24.3 Å². The topological polar surface area (TPSA) is 31.9 Å². The zero-order chi connectivity index (χ0) is 13.4. The summed E-state index contributed by atoms with van der Waals surface area (Å²) in [5.41, 5.74) is 3.11. The Morgan fingerprint density at radius 3 is 2.65 bits per heavy atom. The van der Waals surface area contributed by atoms with Gasteiger partial charge < -0.3 is 4.98 Å². The molecule has 1 aliphatic heterocycles. The van der Waals surface area contributed by atoms with E-state index in [1.165, 1.54) is 38.1 Å². The average molecular weight is 267 g/mol. The van der Waals surface area contributed by atoms with Crippen molar-refractivity contribution in [1.29, 1.82) is 0 Å². The third-order valence-corrected chi connectivity index (χ3v) is 4.90. The number of imidazole rings is 1. The molecule has 2 aromatic rings. The number of likely N-dealkylation sites (tertiary alicyclic amines) is 1. The fourth-order valence-corrected chi connectivity index (χ4v) is 3.86. The Morgan fingerprint density at radius 1 is 1.15 bits per heavy atom. The van der Waals surface area contributed by atoms with Gasteiger partial charge in [-0.3, -0.25) is 4.90 Å². The maximum Gasteiger partial charge on any atom is 0.110 e. The lowest BCUT2D eigenvalue weighted by Crippen LogP contribution is -2.42. The molecular formula is C17H21N3. The van der Waals surface area contributed by atoms with E-state index in [4.69, 9.17) is 0 Å². The molecule has 2 aliphatic rings. The van der Waals surface area contributed by atoms with Gasteiger partial charge in [0.1, 0.15) is 5.82 Å². The Balaban J connectivity index is 1.47. The molecule has 104 valence electrons. The molecule has 3 nitrogen and oxygen atoms in total. The number of hydrogen-bond donors (Lipinski definition) is 1. The molecule has 1 aromatic heterocycles. The first kappa shape index (κ1) is 12.2. The highest BCUT2D eigenvalue weighted by Gasteiger charge is 2.31. The van der Waals surface area contributed by atoms with Crippen LogP contribution in [-0.2, 0) is 12.8 Å². The van der Waals surface area contributed by atoms with Crippen molar-refractivity contribution >= 4 is 0 Å². The van der Waals surface area contributed by atoms with Crippen molar-refractivity contribution < 1.29 is 0 Å². The maximum atomic E-state index is 4.46. The second-order valence-corrected chi connectivity index (χ2v) is 6.14. The van der Waals surface area contributed by atoms with Gasteiger partial charge in [-0.15, -0.1) is 0 Å². The summed E-state index contributed by atoms with van der Waals surface area (Å²) in [6, 6.07) is 9.63. The molecule has 2 heterocycles. The Labute approximate surface area is 120 Å². The van der Waals surface area contributed by atoms with Crippen LogP contribution in [0.15, 0.2) is 36.7 Å². The predicted octanol–water partition coefficient (Wildman–Crippen LogP) is 2.76. The number of H-pyrrole nitrogens is 1. The summed E-state index contributed by atoms with van der Waals surface area (Å²) >= 11 is 0. The van der Waals surface area contributed by atoms with Crippen LogP contribution in [0.2, 0.25) is 0 Å². The van der Waals surface area contributed by atoms with E-state index in [2.05, 4.69) is 39.1 Å². The van der Waals surface area contributed by atoms with E-state index in [0.29, 0.717) is 12.0 Å². The standard InChI is InChI=1S/C17H21N3/c1-2-5-14-11-16(10-13(14)4-1)20-9-3-6-15(12-20)17-18-7-8-19-17/h1-2,4-5,7-8,15-16H,3,6,9-12H2,(H,18,19). The van der Waals surface area contributed by atoms with Gasteiger partial charge in [0.2, 0.25) is 0 Å². The van der Waals surface area contributed by atoms with Crippen molar-refractivity contribution in [3.05, 3.63) is 53.6 Å². The van der Waals surface area contributed by atoms with Gasteiger partial charge in [0.05, 0.1) is 0 Å². The van der Waals surface area contributed by atoms with Gasteiger partial charge >= 0.3 is 0 Å². The van der Waals surface area contributed by atoms with Gasteiger partial charge in [-0.2, -0.15) is 0 Å². The Hall–Kier alpha value is -1.61. The van der Waals surface area contributed by atoms with Gasteiger partial charge in [0.15, 0.2) is 0 Å². The van der Waals surface area contributed by atoms with E-state index >= 15 is 0 Å². The predicted molar refractivity (Wildman–Crippen MR) is 79.8 cm³/mol. The molecule has 1 aliphatic carbocycles. The molecule has 1 aromatic carbocycles. The maximum absolute atomic E-state index is 4.46. The Morgan fingerprint density at radius 2 is 1.95 bits per heavy atom. The number of rotatable bonds is 2. The molecule has 1 unspecified atom stereocenters. The zero-order valence-electron chi connectivity index (χ0n) is 11.8. The van der Waals surface area contributed by atoms with Crippen LogP contribution in [0.4, 0.5) is 0 Å². The summed E-state index contributed by atoms with van der Waals surface area (Å²) in [5, 5.41) is 0. The van der Waals surface area contributed by atoms with E-state index in [0.717, 1.165) is 6.54 Å². The number of nitrogens with one attached hydrogen (secondary N) is 1. The first-order valence-corrected chi connectivity index (χ1v) is 7.70. The minimum atomic E-state index is 0.586. The molecule has 0 saturated carbocycles. The number of benzene rings is 1. The van der Waals surface area contributed by atoms with E-state index in [1.54, 1.807) is 11.1 Å². The third-order valence-electron chi connectivity index (χ3n) is 4.90. The van der Waals surface area contributed by atoms with Gasteiger partial charge in [-0.05, 0) is 43.4 Å². The van der Waals surface area contributed by atoms with Gasteiger partial charge in [0.25, 0.3) is 0 Å². The summed E-state index contributed by atoms with van der Waals surface area (Å²) in [4.78, 5) is 10.4. The molecule has 20 heavy (non-hydrogen) atoms. The highest BCUT2D eigenvalue weighted by molar-refractivity contribution is 5.33. The quantitative estimate of drug-likeness (QED) is 0.907. The molecule has 1 fully saturated rings. The van der Waals surface area contributed by atoms with Crippen LogP contribution in [-0.4, -0.2) is 34.0 Å². The number of hydrogen-bond acceptors (Lipinski definition) is 2. The number of piperidine rings is 1. The van der Waals surface area contributed by atoms with Crippen LogP contribution < -0.4 is 0 Å². The molecule has 1 atom stereocenters. The molecule has 3 heteroatoms. The van der Waals surface area contributed by atoms with Crippen molar-refractivity contribution in [3.8, 4) is 0 Å². The molecule has 4 rings (SSSR count). The molecule has 1 saturated heterocycles. The average Bonchev–Trinajstić information content (AvgIpc) is 3.16. The molecule has 1 N–H and O–H groups in total. The number of aromatic amines is 1. The van der Waals surface area contributed by atoms with Crippen molar-refractivity contribution in [2.24, 2.45) is 0 Å². The summed E-state index contributed by atoms with van der Waals surface area (Å²) in [5.74, 6) is 1.76. The van der Waals surface area contributed by atoms with Crippen LogP contribution in [0.5, 0.6) is 0 Å². The minimum absolute atomic E-state index is 0.586. The minimum Gasteiger partial charge on any atom is -0.348 e. The number of nitrogens with zero attached hydrogens (tertiary/aromatic N) is 2. The summed E-state index contributed by atoms with van der Waals surface area (Å²) in [6.07, 6.45) is 8.82. The molecule has 0 spiro atoms. The first-order valence-electron chi connectivity index (χ1n) is 7.70.